The van der Waals surface area contributed by atoms with E-state index in [-0.39, 0.29) is 0 Å². The highest BCUT2D eigenvalue weighted by Gasteiger charge is 2.19. The fourth-order valence-electron chi connectivity index (χ4n) is 6.72. The summed E-state index contributed by atoms with van der Waals surface area (Å²) in [6.45, 7) is 0. The number of furan rings is 1. The van der Waals surface area contributed by atoms with Crippen molar-refractivity contribution < 1.29 is 4.42 Å². The molecular weight excluding hydrogens is 496 g/mol. The molecule has 1 aromatic heterocycles. The molecule has 0 spiro atoms. The number of benzene rings is 8. The first-order valence-electron chi connectivity index (χ1n) is 14.1. The van der Waals surface area contributed by atoms with E-state index >= 15 is 0 Å². The van der Waals surface area contributed by atoms with Crippen molar-refractivity contribution in [2.75, 3.05) is 0 Å². The second-order valence-corrected chi connectivity index (χ2v) is 10.9. The maximum atomic E-state index is 6.79. The molecule has 190 valence electrons. The average Bonchev–Trinajstić information content (AvgIpc) is 3.43. The zero-order valence-corrected chi connectivity index (χ0v) is 22.3. The summed E-state index contributed by atoms with van der Waals surface area (Å²) in [6.07, 6.45) is 0. The van der Waals surface area contributed by atoms with Crippen molar-refractivity contribution in [3.8, 4) is 33.4 Å². The van der Waals surface area contributed by atoms with Crippen LogP contribution in [0.4, 0.5) is 0 Å². The van der Waals surface area contributed by atoms with Gasteiger partial charge in [0, 0.05) is 21.9 Å². The fraction of sp³-hybridized carbons (Fsp3) is 0. The minimum atomic E-state index is 0.927. The van der Waals surface area contributed by atoms with Crippen LogP contribution in [0.25, 0.3) is 87.6 Å². The topological polar surface area (TPSA) is 13.1 Å². The largest absolute Gasteiger partial charge is 0.455 e. The third-order valence-corrected chi connectivity index (χ3v) is 8.61. The van der Waals surface area contributed by atoms with Crippen LogP contribution >= 0.6 is 0 Å². The summed E-state index contributed by atoms with van der Waals surface area (Å²) in [5, 5.41) is 10.1. The van der Waals surface area contributed by atoms with Crippen LogP contribution in [0.15, 0.2) is 150 Å². The van der Waals surface area contributed by atoms with Crippen LogP contribution in [0.3, 0.4) is 0 Å². The van der Waals surface area contributed by atoms with Gasteiger partial charge in [-0.3, -0.25) is 0 Å². The van der Waals surface area contributed by atoms with Gasteiger partial charge in [-0.1, -0.05) is 133 Å². The Bertz CT molecular complexity index is 2380. The summed E-state index contributed by atoms with van der Waals surface area (Å²) in [7, 11) is 0. The maximum absolute atomic E-state index is 6.79. The second-order valence-electron chi connectivity index (χ2n) is 10.9. The monoisotopic (exact) mass is 520 g/mol. The summed E-state index contributed by atoms with van der Waals surface area (Å²) in [5.41, 5.74) is 8.82. The number of para-hydroxylation sites is 1. The van der Waals surface area contributed by atoms with Crippen LogP contribution in [0, 0.1) is 0 Å². The van der Waals surface area contributed by atoms with Crippen molar-refractivity contribution in [3.63, 3.8) is 0 Å². The lowest BCUT2D eigenvalue weighted by Gasteiger charge is -2.15. The SMILES string of the molecule is c1ccc(-c2cccc3c2oc2c(-c4ccccc4)cc(-c4ccc5ccc6cccc7ccc4c5c67)cc23)cc1. The Kier molecular flexibility index (Phi) is 4.67. The quantitative estimate of drug-likeness (QED) is 0.211. The normalized spacial score (nSPS) is 11.9. The highest BCUT2D eigenvalue weighted by atomic mass is 16.3. The molecule has 0 bridgehead atoms. The van der Waals surface area contributed by atoms with Crippen molar-refractivity contribution in [2.45, 2.75) is 0 Å². The zero-order chi connectivity index (χ0) is 26.9. The first-order valence-corrected chi connectivity index (χ1v) is 14.1. The number of hydrogen-bond acceptors (Lipinski definition) is 1. The maximum Gasteiger partial charge on any atom is 0.143 e. The van der Waals surface area contributed by atoms with Crippen molar-refractivity contribution in [2.24, 2.45) is 0 Å². The Balaban J connectivity index is 1.39. The van der Waals surface area contributed by atoms with Gasteiger partial charge in [0.2, 0.25) is 0 Å². The highest BCUT2D eigenvalue weighted by molar-refractivity contribution is 6.26. The molecule has 1 heterocycles. The van der Waals surface area contributed by atoms with E-state index < -0.39 is 0 Å². The fourth-order valence-corrected chi connectivity index (χ4v) is 6.72. The molecule has 0 fully saturated rings. The van der Waals surface area contributed by atoms with Gasteiger partial charge >= 0.3 is 0 Å². The predicted octanol–water partition coefficient (Wildman–Crippen LogP) is 11.5. The number of rotatable bonds is 3. The van der Waals surface area contributed by atoms with Crippen LogP contribution in [0.1, 0.15) is 0 Å². The van der Waals surface area contributed by atoms with Gasteiger partial charge in [0.1, 0.15) is 11.2 Å². The van der Waals surface area contributed by atoms with E-state index in [9.17, 15) is 0 Å². The lowest BCUT2D eigenvalue weighted by molar-refractivity contribution is 0.671. The van der Waals surface area contributed by atoms with E-state index in [0.717, 1.165) is 44.2 Å². The van der Waals surface area contributed by atoms with Crippen molar-refractivity contribution in [1.29, 1.82) is 0 Å². The molecule has 0 N–H and O–H groups in total. The van der Waals surface area contributed by atoms with E-state index in [1.54, 1.807) is 0 Å². The van der Waals surface area contributed by atoms with Gasteiger partial charge < -0.3 is 4.42 Å². The molecule has 8 aromatic carbocycles. The minimum absolute atomic E-state index is 0.927. The Labute approximate surface area is 237 Å². The molecule has 0 aliphatic carbocycles. The first-order chi connectivity index (χ1) is 20.3. The van der Waals surface area contributed by atoms with E-state index in [2.05, 4.69) is 146 Å². The van der Waals surface area contributed by atoms with Gasteiger partial charge in [0.15, 0.2) is 0 Å². The molecule has 0 unspecified atom stereocenters. The molecule has 0 saturated carbocycles. The second kappa shape index (κ2) is 8.55. The molecule has 41 heavy (non-hydrogen) atoms. The van der Waals surface area contributed by atoms with E-state index in [4.69, 9.17) is 4.42 Å². The van der Waals surface area contributed by atoms with E-state index in [1.807, 2.05) is 0 Å². The van der Waals surface area contributed by atoms with Crippen LogP contribution in [0.2, 0.25) is 0 Å². The third kappa shape index (κ3) is 3.30. The van der Waals surface area contributed by atoms with Crippen LogP contribution in [-0.2, 0) is 0 Å². The third-order valence-electron chi connectivity index (χ3n) is 8.61. The molecule has 0 aliphatic heterocycles. The number of hydrogen-bond donors (Lipinski definition) is 0. The molecule has 9 rings (SSSR count). The minimum Gasteiger partial charge on any atom is -0.455 e. The summed E-state index contributed by atoms with van der Waals surface area (Å²) in [4.78, 5) is 0. The zero-order valence-electron chi connectivity index (χ0n) is 22.3. The molecule has 0 radical (unpaired) electrons. The lowest BCUT2D eigenvalue weighted by Crippen LogP contribution is -1.88. The molecule has 0 amide bonds. The lowest BCUT2D eigenvalue weighted by atomic mass is 9.88. The Morgan fingerprint density at radius 2 is 0.927 bits per heavy atom. The molecular formula is C40H24O. The summed E-state index contributed by atoms with van der Waals surface area (Å²) in [5.74, 6) is 0. The van der Waals surface area contributed by atoms with Gasteiger partial charge in [-0.15, -0.1) is 0 Å². The molecule has 0 aliphatic rings. The van der Waals surface area contributed by atoms with Gasteiger partial charge in [-0.05, 0) is 66.7 Å². The summed E-state index contributed by atoms with van der Waals surface area (Å²) in [6, 6.07) is 52.5. The first kappa shape index (κ1) is 22.4. The smallest absolute Gasteiger partial charge is 0.143 e. The van der Waals surface area contributed by atoms with Crippen molar-refractivity contribution >= 4 is 54.3 Å². The van der Waals surface area contributed by atoms with Crippen molar-refractivity contribution in [3.05, 3.63) is 146 Å². The molecule has 0 saturated heterocycles. The predicted molar refractivity (Wildman–Crippen MR) is 174 cm³/mol. The Hall–Kier alpha value is -5.40. The van der Waals surface area contributed by atoms with Crippen LogP contribution < -0.4 is 0 Å². The van der Waals surface area contributed by atoms with Gasteiger partial charge in [-0.2, -0.15) is 0 Å². The van der Waals surface area contributed by atoms with E-state index in [1.165, 1.54) is 43.4 Å². The van der Waals surface area contributed by atoms with Gasteiger partial charge in [0.05, 0.1) is 0 Å². The highest BCUT2D eigenvalue weighted by Crippen LogP contribution is 2.45. The molecule has 1 heteroatoms. The summed E-state index contributed by atoms with van der Waals surface area (Å²) < 4.78 is 6.79. The van der Waals surface area contributed by atoms with Crippen molar-refractivity contribution in [1.82, 2.24) is 0 Å². The average molecular weight is 521 g/mol. The molecule has 9 aromatic rings. The van der Waals surface area contributed by atoms with Gasteiger partial charge in [0.25, 0.3) is 0 Å². The van der Waals surface area contributed by atoms with Crippen LogP contribution in [0.5, 0.6) is 0 Å². The molecule has 0 atom stereocenters. The Morgan fingerprint density at radius 1 is 0.317 bits per heavy atom. The van der Waals surface area contributed by atoms with Crippen LogP contribution in [-0.4, -0.2) is 0 Å². The Morgan fingerprint density at radius 3 is 1.68 bits per heavy atom. The van der Waals surface area contributed by atoms with Gasteiger partial charge in [-0.25, -0.2) is 0 Å². The number of fused-ring (bicyclic) bond motifs is 3. The standard InChI is InChI=1S/C40H24O/c1-3-9-25(10-4-1)32-15-8-16-34-36-24-30(23-35(40(36)41-39(32)34)26-11-5-2-6-12-26)31-21-19-29-18-17-27-13-7-14-28-20-22-33(31)38(29)37(27)28/h1-24H. The van der Waals surface area contributed by atoms with E-state index in [0.29, 0.717) is 0 Å². The molecule has 1 nitrogen and oxygen atoms in total. The summed E-state index contributed by atoms with van der Waals surface area (Å²) >= 11 is 0.